The maximum absolute atomic E-state index is 12.0. The highest BCUT2D eigenvalue weighted by Crippen LogP contribution is 2.42. The van der Waals surface area contributed by atoms with Gasteiger partial charge in [-0.05, 0) is 38.5 Å². The second-order valence-electron chi connectivity index (χ2n) is 13.6. The second-order valence-corrected chi connectivity index (χ2v) is 15.1. The molecule has 49 heavy (non-hydrogen) atoms. The number of unbranched alkanes of at least 4 members (excludes halogenated alkanes) is 23. The molecule has 0 saturated heterocycles. The summed E-state index contributed by atoms with van der Waals surface area (Å²) >= 11 is 0. The predicted octanol–water partition coefficient (Wildman–Crippen LogP) is 10.7. The van der Waals surface area contributed by atoms with Gasteiger partial charge in [-0.15, -0.1) is 0 Å². The summed E-state index contributed by atoms with van der Waals surface area (Å²) in [6.07, 6.45) is 36.3. The first-order valence-electron chi connectivity index (χ1n) is 20.2. The number of esters is 1. The molecule has 0 bridgehead atoms. The van der Waals surface area contributed by atoms with Crippen molar-refractivity contribution in [3.05, 3.63) is 12.2 Å². The molecule has 0 radical (unpaired) electrons. The van der Waals surface area contributed by atoms with E-state index in [1.54, 1.807) is 0 Å². The van der Waals surface area contributed by atoms with Crippen LogP contribution in [0.3, 0.4) is 0 Å². The summed E-state index contributed by atoms with van der Waals surface area (Å²) in [5, 5.41) is 12.6. The fourth-order valence-corrected chi connectivity index (χ4v) is 6.37. The van der Waals surface area contributed by atoms with Crippen molar-refractivity contribution in [1.29, 1.82) is 0 Å². The molecule has 0 heterocycles. The lowest BCUT2D eigenvalue weighted by Crippen LogP contribution is -2.27. The largest absolute Gasteiger partial charge is 0.472 e. The first-order valence-corrected chi connectivity index (χ1v) is 21.7. The number of amides is 1. The molecule has 290 valence electrons. The van der Waals surface area contributed by atoms with Crippen molar-refractivity contribution in [2.45, 2.75) is 200 Å². The summed E-state index contributed by atoms with van der Waals surface area (Å²) < 4.78 is 26.6. The highest BCUT2D eigenvalue weighted by Gasteiger charge is 2.23. The Bertz CT molecular complexity index is 825. The number of hydrogen-bond acceptors (Lipinski definition) is 7. The van der Waals surface area contributed by atoms with E-state index in [1.165, 1.54) is 116 Å². The number of allylic oxidation sites excluding steroid dienone is 2. The monoisotopic (exact) mass is 718 g/mol. The van der Waals surface area contributed by atoms with Crippen LogP contribution in [0.2, 0.25) is 0 Å². The number of nitrogens with one attached hydrogen (secondary N) is 1. The Balaban J connectivity index is 3.48. The van der Waals surface area contributed by atoms with Crippen molar-refractivity contribution < 1.29 is 37.9 Å². The molecule has 9 nitrogen and oxygen atoms in total. The van der Waals surface area contributed by atoms with Gasteiger partial charge in [0.2, 0.25) is 5.91 Å². The number of phosphoric acid groups is 1. The minimum atomic E-state index is -4.40. The van der Waals surface area contributed by atoms with E-state index < -0.39 is 26.5 Å². The van der Waals surface area contributed by atoms with Gasteiger partial charge in [0.25, 0.3) is 0 Å². The van der Waals surface area contributed by atoms with E-state index in [4.69, 9.17) is 13.8 Å². The molecule has 0 rings (SSSR count). The van der Waals surface area contributed by atoms with Gasteiger partial charge >= 0.3 is 13.8 Å². The number of rotatable bonds is 38. The number of carbonyl (C=O) groups is 2. The van der Waals surface area contributed by atoms with Crippen LogP contribution in [0.4, 0.5) is 0 Å². The molecule has 0 spiro atoms. The van der Waals surface area contributed by atoms with Crippen LogP contribution in [-0.2, 0) is 27.9 Å². The molecule has 2 unspecified atom stereocenters. The number of carbonyl (C=O) groups excluding carboxylic acids is 2. The van der Waals surface area contributed by atoms with Gasteiger partial charge in [0.1, 0.15) is 12.7 Å². The minimum absolute atomic E-state index is 0.0852. The molecular formula is C39H76NO8P. The maximum Gasteiger partial charge on any atom is 0.472 e. The summed E-state index contributed by atoms with van der Waals surface area (Å²) in [7, 11) is -4.40. The minimum Gasteiger partial charge on any atom is -0.463 e. The van der Waals surface area contributed by atoms with Gasteiger partial charge in [0, 0.05) is 19.4 Å². The molecule has 0 aliphatic rings. The van der Waals surface area contributed by atoms with E-state index in [9.17, 15) is 24.2 Å². The zero-order valence-corrected chi connectivity index (χ0v) is 32.5. The molecular weight excluding hydrogens is 641 g/mol. The Morgan fingerprint density at radius 3 is 1.53 bits per heavy atom. The fourth-order valence-electron chi connectivity index (χ4n) is 5.61. The molecule has 0 aromatic rings. The van der Waals surface area contributed by atoms with Crippen molar-refractivity contribution in [1.82, 2.24) is 5.32 Å². The Hall–Kier alpha value is -1.25. The standard InChI is InChI=1S/C39H76NO8P/c1-3-5-7-9-10-11-12-13-14-15-16-17-18-19-20-21-22-23-24-25-26-28-29-31-38(42)40-33-34-47-49(44,45)48-36-37(41)35-46-39(43)32-30-27-8-6-4-2/h13-14,37,41H,3-12,15-36H2,1-2H3,(H,40,42)(H,44,45)/b14-13+. The molecule has 3 N–H and O–H groups in total. The van der Waals surface area contributed by atoms with Crippen LogP contribution >= 0.6 is 7.82 Å². The van der Waals surface area contributed by atoms with Crippen molar-refractivity contribution >= 4 is 19.7 Å². The Morgan fingerprint density at radius 2 is 1.04 bits per heavy atom. The van der Waals surface area contributed by atoms with Gasteiger partial charge in [-0.2, -0.15) is 0 Å². The van der Waals surface area contributed by atoms with E-state index in [0.717, 1.165) is 51.4 Å². The highest BCUT2D eigenvalue weighted by molar-refractivity contribution is 7.47. The van der Waals surface area contributed by atoms with Crippen LogP contribution in [0.15, 0.2) is 12.2 Å². The number of phosphoric ester groups is 1. The molecule has 0 fully saturated rings. The Morgan fingerprint density at radius 1 is 0.612 bits per heavy atom. The molecule has 2 atom stereocenters. The summed E-state index contributed by atoms with van der Waals surface area (Å²) in [4.78, 5) is 33.5. The van der Waals surface area contributed by atoms with Crippen LogP contribution in [0.25, 0.3) is 0 Å². The predicted molar refractivity (Wildman–Crippen MR) is 201 cm³/mol. The Labute approximate surface area is 300 Å². The van der Waals surface area contributed by atoms with Gasteiger partial charge in [0.15, 0.2) is 0 Å². The molecule has 0 aromatic heterocycles. The number of ether oxygens (including phenoxy) is 1. The van der Waals surface area contributed by atoms with E-state index in [-0.39, 0.29) is 32.1 Å². The SMILES string of the molecule is CCCCCCCC/C=C/CCCCCCCCCCCCCCCC(=O)NCCOP(=O)(O)OCC(O)COC(=O)CCCCCCC. The quantitative estimate of drug-likeness (QED) is 0.0249. The Kier molecular flexibility index (Phi) is 35.6. The van der Waals surface area contributed by atoms with Crippen molar-refractivity contribution in [3.63, 3.8) is 0 Å². The van der Waals surface area contributed by atoms with Crippen LogP contribution in [0.1, 0.15) is 194 Å². The van der Waals surface area contributed by atoms with Crippen molar-refractivity contribution in [2.75, 3.05) is 26.4 Å². The van der Waals surface area contributed by atoms with Crippen molar-refractivity contribution in [3.8, 4) is 0 Å². The summed E-state index contributed by atoms with van der Waals surface area (Å²) in [5.41, 5.74) is 0. The van der Waals surface area contributed by atoms with Gasteiger partial charge < -0.3 is 20.1 Å². The lowest BCUT2D eigenvalue weighted by Gasteiger charge is -2.15. The molecule has 1 amide bonds. The highest BCUT2D eigenvalue weighted by atomic mass is 31.2. The first kappa shape index (κ1) is 47.8. The zero-order valence-electron chi connectivity index (χ0n) is 31.7. The van der Waals surface area contributed by atoms with E-state index in [1.807, 2.05) is 0 Å². The number of aliphatic hydroxyl groups excluding tert-OH is 1. The van der Waals surface area contributed by atoms with Crippen molar-refractivity contribution in [2.24, 2.45) is 0 Å². The number of hydrogen-bond donors (Lipinski definition) is 3. The number of aliphatic hydroxyl groups is 1. The van der Waals surface area contributed by atoms with Crippen LogP contribution in [-0.4, -0.2) is 54.3 Å². The topological polar surface area (TPSA) is 131 Å². The zero-order chi connectivity index (χ0) is 36.1. The summed E-state index contributed by atoms with van der Waals surface area (Å²) in [5.74, 6) is -0.524. The summed E-state index contributed by atoms with van der Waals surface area (Å²) in [6, 6.07) is 0. The summed E-state index contributed by atoms with van der Waals surface area (Å²) in [6.45, 7) is 3.45. The third-order valence-corrected chi connectivity index (χ3v) is 9.68. The van der Waals surface area contributed by atoms with Gasteiger partial charge in [-0.3, -0.25) is 18.6 Å². The second kappa shape index (κ2) is 36.5. The third-order valence-electron chi connectivity index (χ3n) is 8.70. The van der Waals surface area contributed by atoms with Gasteiger partial charge in [0.05, 0.1) is 13.2 Å². The lowest BCUT2D eigenvalue weighted by molar-refractivity contribution is -0.147. The lowest BCUT2D eigenvalue weighted by atomic mass is 10.0. The van der Waals surface area contributed by atoms with Crippen LogP contribution in [0.5, 0.6) is 0 Å². The third kappa shape index (κ3) is 37.8. The molecule has 0 aliphatic heterocycles. The average molecular weight is 718 g/mol. The van der Waals surface area contributed by atoms with E-state index in [2.05, 4.69) is 31.3 Å². The normalized spacial score (nSPS) is 13.5. The van der Waals surface area contributed by atoms with Gasteiger partial charge in [-0.25, -0.2) is 4.57 Å². The molecule has 0 aliphatic carbocycles. The van der Waals surface area contributed by atoms with E-state index >= 15 is 0 Å². The maximum atomic E-state index is 12.0. The molecule has 0 aromatic carbocycles. The molecule has 10 heteroatoms. The first-order chi connectivity index (χ1) is 23.8. The smallest absolute Gasteiger partial charge is 0.463 e. The fraction of sp³-hybridized carbons (Fsp3) is 0.897. The van der Waals surface area contributed by atoms with E-state index in [0.29, 0.717) is 6.42 Å². The molecule has 0 saturated carbocycles. The van der Waals surface area contributed by atoms with Gasteiger partial charge in [-0.1, -0.05) is 154 Å². The van der Waals surface area contributed by atoms with Crippen LogP contribution < -0.4 is 5.32 Å². The van der Waals surface area contributed by atoms with Crippen LogP contribution in [0, 0.1) is 0 Å². The average Bonchev–Trinajstić information content (AvgIpc) is 3.08.